The molecule has 3 rings (SSSR count). The van der Waals surface area contributed by atoms with Crippen molar-refractivity contribution in [2.75, 3.05) is 0 Å². The molecule has 2 aliphatic carbocycles. The maximum absolute atomic E-state index is 10.4. The monoisotopic (exact) mass is 245 g/mol. The quantitative estimate of drug-likeness (QED) is 0.769. The standard InChI is InChI=1S/C16H23NO/c18-15-10-3-1-2-8-13(15)14-9-4-6-12-7-5-11-17-16(12)14/h5,7,11,13-15,18H,1-4,6,8-10H2. The second-order valence-corrected chi connectivity index (χ2v) is 5.92. The number of hydrogen-bond acceptors (Lipinski definition) is 2. The molecule has 0 spiro atoms. The Hall–Kier alpha value is -0.890. The first-order chi connectivity index (χ1) is 8.86. The lowest BCUT2D eigenvalue weighted by molar-refractivity contribution is 0.0800. The summed E-state index contributed by atoms with van der Waals surface area (Å²) in [6.07, 6.45) is 11.4. The molecule has 18 heavy (non-hydrogen) atoms. The first kappa shape index (κ1) is 12.2. The zero-order chi connectivity index (χ0) is 12.4. The number of rotatable bonds is 1. The molecule has 1 saturated carbocycles. The highest BCUT2D eigenvalue weighted by Crippen LogP contribution is 2.41. The van der Waals surface area contributed by atoms with Gasteiger partial charge in [-0.15, -0.1) is 0 Å². The summed E-state index contributed by atoms with van der Waals surface area (Å²) in [4.78, 5) is 4.63. The molecule has 0 amide bonds. The maximum Gasteiger partial charge on any atom is 0.0574 e. The summed E-state index contributed by atoms with van der Waals surface area (Å²) in [5.74, 6) is 0.949. The fraction of sp³-hybridized carbons (Fsp3) is 0.688. The summed E-state index contributed by atoms with van der Waals surface area (Å²) in [6.45, 7) is 0. The molecule has 3 unspecified atom stereocenters. The van der Waals surface area contributed by atoms with E-state index in [1.807, 2.05) is 12.3 Å². The van der Waals surface area contributed by atoms with Gasteiger partial charge in [0.2, 0.25) is 0 Å². The number of fused-ring (bicyclic) bond motifs is 1. The molecule has 0 radical (unpaired) electrons. The van der Waals surface area contributed by atoms with Gasteiger partial charge in [-0.25, -0.2) is 0 Å². The second kappa shape index (κ2) is 5.40. The Morgan fingerprint density at radius 2 is 1.94 bits per heavy atom. The summed E-state index contributed by atoms with van der Waals surface area (Å²) in [5, 5.41) is 10.4. The molecule has 0 aromatic carbocycles. The molecule has 2 aliphatic rings. The van der Waals surface area contributed by atoms with E-state index in [2.05, 4.69) is 11.1 Å². The van der Waals surface area contributed by atoms with Gasteiger partial charge < -0.3 is 5.11 Å². The number of hydrogen-bond donors (Lipinski definition) is 1. The van der Waals surface area contributed by atoms with Crippen molar-refractivity contribution in [1.29, 1.82) is 0 Å². The molecule has 2 nitrogen and oxygen atoms in total. The van der Waals surface area contributed by atoms with Crippen molar-refractivity contribution in [3.8, 4) is 0 Å². The van der Waals surface area contributed by atoms with Crippen LogP contribution in [0, 0.1) is 5.92 Å². The zero-order valence-electron chi connectivity index (χ0n) is 11.0. The summed E-state index contributed by atoms with van der Waals surface area (Å²) in [5.41, 5.74) is 2.71. The third-order valence-corrected chi connectivity index (χ3v) is 4.79. The van der Waals surface area contributed by atoms with Gasteiger partial charge in [0.1, 0.15) is 0 Å². The molecule has 0 saturated heterocycles. The molecular formula is C16H23NO. The Morgan fingerprint density at radius 1 is 1.06 bits per heavy atom. The van der Waals surface area contributed by atoms with Crippen molar-refractivity contribution in [3.63, 3.8) is 0 Å². The third kappa shape index (κ3) is 2.31. The number of aryl methyl sites for hydroxylation is 1. The van der Waals surface area contributed by atoms with Crippen LogP contribution in [0.1, 0.15) is 62.1 Å². The molecular weight excluding hydrogens is 222 g/mol. The van der Waals surface area contributed by atoms with Crippen LogP contribution in [0.25, 0.3) is 0 Å². The Bertz CT molecular complexity index is 404. The molecule has 1 fully saturated rings. The van der Waals surface area contributed by atoms with Crippen molar-refractivity contribution in [1.82, 2.24) is 4.98 Å². The summed E-state index contributed by atoms with van der Waals surface area (Å²) in [7, 11) is 0. The largest absolute Gasteiger partial charge is 0.393 e. The van der Waals surface area contributed by atoms with Crippen LogP contribution in [0.4, 0.5) is 0 Å². The first-order valence-corrected chi connectivity index (χ1v) is 7.48. The summed E-state index contributed by atoms with van der Waals surface area (Å²) in [6, 6.07) is 4.27. The van der Waals surface area contributed by atoms with Crippen LogP contribution >= 0.6 is 0 Å². The average molecular weight is 245 g/mol. The van der Waals surface area contributed by atoms with Crippen LogP contribution in [0.2, 0.25) is 0 Å². The van der Waals surface area contributed by atoms with E-state index >= 15 is 0 Å². The van der Waals surface area contributed by atoms with Crippen molar-refractivity contribution < 1.29 is 5.11 Å². The van der Waals surface area contributed by atoms with E-state index in [4.69, 9.17) is 0 Å². The van der Waals surface area contributed by atoms with E-state index in [0.717, 1.165) is 6.42 Å². The Balaban J connectivity index is 1.88. The van der Waals surface area contributed by atoms with E-state index < -0.39 is 0 Å². The fourth-order valence-electron chi connectivity index (χ4n) is 3.85. The van der Waals surface area contributed by atoms with Crippen molar-refractivity contribution in [2.45, 2.75) is 63.4 Å². The highest BCUT2D eigenvalue weighted by molar-refractivity contribution is 5.26. The van der Waals surface area contributed by atoms with Crippen LogP contribution < -0.4 is 0 Å². The van der Waals surface area contributed by atoms with Crippen LogP contribution in [0.15, 0.2) is 18.3 Å². The highest BCUT2D eigenvalue weighted by Gasteiger charge is 2.33. The van der Waals surface area contributed by atoms with Gasteiger partial charge in [-0.3, -0.25) is 4.98 Å². The van der Waals surface area contributed by atoms with E-state index in [1.54, 1.807) is 0 Å². The maximum atomic E-state index is 10.4. The Morgan fingerprint density at radius 3 is 2.89 bits per heavy atom. The van der Waals surface area contributed by atoms with Gasteiger partial charge in [-0.1, -0.05) is 25.3 Å². The highest BCUT2D eigenvalue weighted by atomic mass is 16.3. The first-order valence-electron chi connectivity index (χ1n) is 7.48. The predicted octanol–water partition coefficient (Wildman–Crippen LogP) is 3.44. The lowest BCUT2D eigenvalue weighted by Crippen LogP contribution is -2.28. The predicted molar refractivity (Wildman–Crippen MR) is 72.5 cm³/mol. The number of pyridine rings is 1. The van der Waals surface area contributed by atoms with Gasteiger partial charge in [0.25, 0.3) is 0 Å². The van der Waals surface area contributed by atoms with Crippen LogP contribution in [-0.4, -0.2) is 16.2 Å². The minimum atomic E-state index is -0.106. The van der Waals surface area contributed by atoms with Crippen LogP contribution in [0.3, 0.4) is 0 Å². The number of nitrogens with zero attached hydrogens (tertiary/aromatic N) is 1. The SMILES string of the molecule is OC1CCCCCC1C1CCCc2cccnc21. The lowest BCUT2D eigenvalue weighted by atomic mass is 9.74. The van der Waals surface area contributed by atoms with Crippen molar-refractivity contribution in [2.24, 2.45) is 5.92 Å². The summed E-state index contributed by atoms with van der Waals surface area (Å²) < 4.78 is 0. The average Bonchev–Trinajstić information content (AvgIpc) is 2.63. The van der Waals surface area contributed by atoms with E-state index in [1.165, 1.54) is 56.2 Å². The molecule has 2 heteroatoms. The topological polar surface area (TPSA) is 33.1 Å². The third-order valence-electron chi connectivity index (χ3n) is 4.79. The number of aromatic nitrogens is 1. The minimum absolute atomic E-state index is 0.106. The van der Waals surface area contributed by atoms with E-state index in [9.17, 15) is 5.11 Å². The molecule has 1 aromatic heterocycles. The van der Waals surface area contributed by atoms with Gasteiger partial charge in [0, 0.05) is 17.8 Å². The molecule has 0 aliphatic heterocycles. The molecule has 1 N–H and O–H groups in total. The van der Waals surface area contributed by atoms with Gasteiger partial charge in [-0.2, -0.15) is 0 Å². The number of aliphatic hydroxyl groups excluding tert-OH is 1. The second-order valence-electron chi connectivity index (χ2n) is 5.92. The Kier molecular flexibility index (Phi) is 3.64. The fourth-order valence-corrected chi connectivity index (χ4v) is 3.85. The minimum Gasteiger partial charge on any atom is -0.393 e. The number of aliphatic hydroxyl groups is 1. The van der Waals surface area contributed by atoms with Crippen molar-refractivity contribution >= 4 is 0 Å². The van der Waals surface area contributed by atoms with Gasteiger partial charge in [0.15, 0.2) is 0 Å². The van der Waals surface area contributed by atoms with Crippen LogP contribution in [-0.2, 0) is 6.42 Å². The zero-order valence-corrected chi connectivity index (χ0v) is 11.0. The van der Waals surface area contributed by atoms with Gasteiger partial charge in [0.05, 0.1) is 6.10 Å². The van der Waals surface area contributed by atoms with Crippen molar-refractivity contribution in [3.05, 3.63) is 29.6 Å². The van der Waals surface area contributed by atoms with Crippen LogP contribution in [0.5, 0.6) is 0 Å². The van der Waals surface area contributed by atoms with E-state index in [0.29, 0.717) is 11.8 Å². The van der Waals surface area contributed by atoms with Gasteiger partial charge >= 0.3 is 0 Å². The lowest BCUT2D eigenvalue weighted by Gasteiger charge is -2.33. The van der Waals surface area contributed by atoms with E-state index in [-0.39, 0.29) is 6.10 Å². The normalized spacial score (nSPS) is 32.6. The molecule has 98 valence electrons. The molecule has 3 atom stereocenters. The molecule has 0 bridgehead atoms. The molecule has 1 aromatic rings. The van der Waals surface area contributed by atoms with Gasteiger partial charge in [-0.05, 0) is 49.7 Å². The molecule has 1 heterocycles. The Labute approximate surface area is 109 Å². The summed E-state index contributed by atoms with van der Waals surface area (Å²) >= 11 is 0. The smallest absolute Gasteiger partial charge is 0.0574 e.